The molecule has 1 atom stereocenters. The van der Waals surface area contributed by atoms with E-state index >= 15 is 0 Å². The van der Waals surface area contributed by atoms with Crippen LogP contribution in [0.1, 0.15) is 12.2 Å². The number of benzene rings is 1. The molecule has 19 heavy (non-hydrogen) atoms. The van der Waals surface area contributed by atoms with Gasteiger partial charge in [0.25, 0.3) is 0 Å². The van der Waals surface area contributed by atoms with E-state index in [0.717, 1.165) is 42.3 Å². The molecule has 1 aliphatic heterocycles. The van der Waals surface area contributed by atoms with Crippen molar-refractivity contribution in [2.24, 2.45) is 5.92 Å². The second kappa shape index (κ2) is 5.45. The summed E-state index contributed by atoms with van der Waals surface area (Å²) in [6, 6.07) is 8.01. The van der Waals surface area contributed by atoms with Crippen molar-refractivity contribution in [1.29, 1.82) is 0 Å². The Kier molecular flexibility index (Phi) is 3.51. The second-order valence-corrected chi connectivity index (χ2v) is 5.01. The van der Waals surface area contributed by atoms with Crippen molar-refractivity contribution in [2.75, 3.05) is 20.2 Å². The molecule has 4 heteroatoms. The van der Waals surface area contributed by atoms with Gasteiger partial charge in [0.15, 0.2) is 0 Å². The summed E-state index contributed by atoms with van der Waals surface area (Å²) in [6.07, 6.45) is 4.16. The van der Waals surface area contributed by atoms with Crippen LogP contribution in [0.15, 0.2) is 30.5 Å². The van der Waals surface area contributed by atoms with E-state index in [-0.39, 0.29) is 0 Å². The zero-order chi connectivity index (χ0) is 13.1. The van der Waals surface area contributed by atoms with Gasteiger partial charge >= 0.3 is 0 Å². The average Bonchev–Trinajstić information content (AvgIpc) is 3.11. The maximum atomic E-state index is 5.38. The number of para-hydroxylation sites is 1. The molecule has 1 aliphatic rings. The summed E-state index contributed by atoms with van der Waals surface area (Å²) >= 11 is 0. The molecule has 4 nitrogen and oxygen atoms in total. The fourth-order valence-electron chi connectivity index (χ4n) is 2.63. The van der Waals surface area contributed by atoms with E-state index in [4.69, 9.17) is 4.74 Å². The van der Waals surface area contributed by atoms with Gasteiger partial charge in [-0.05, 0) is 37.6 Å². The Morgan fingerprint density at radius 3 is 3.05 bits per heavy atom. The number of hydrogen-bond acceptors (Lipinski definition) is 3. The molecule has 0 radical (unpaired) electrons. The molecule has 1 aromatic carbocycles. The lowest BCUT2D eigenvalue weighted by molar-refractivity contribution is 0.416. The number of ether oxygens (including phenoxy) is 1. The molecular weight excluding hydrogens is 238 g/mol. The molecule has 1 fully saturated rings. The SMILES string of the molecule is COc1ccccc1-c1cnc(CC2CCNC2)[nH]1. The third-order valence-corrected chi connectivity index (χ3v) is 3.67. The first-order chi connectivity index (χ1) is 9.36. The highest BCUT2D eigenvalue weighted by atomic mass is 16.5. The highest BCUT2D eigenvalue weighted by molar-refractivity contribution is 5.66. The van der Waals surface area contributed by atoms with Crippen LogP contribution in [0.2, 0.25) is 0 Å². The Labute approximate surface area is 113 Å². The number of aromatic amines is 1. The minimum absolute atomic E-state index is 0.705. The number of methoxy groups -OCH3 is 1. The topological polar surface area (TPSA) is 49.9 Å². The molecule has 1 saturated heterocycles. The molecule has 2 aromatic rings. The van der Waals surface area contributed by atoms with E-state index in [2.05, 4.69) is 15.3 Å². The molecule has 0 bridgehead atoms. The molecule has 1 aromatic heterocycles. The van der Waals surface area contributed by atoms with E-state index in [9.17, 15) is 0 Å². The van der Waals surface area contributed by atoms with Gasteiger partial charge in [-0.1, -0.05) is 12.1 Å². The highest BCUT2D eigenvalue weighted by Crippen LogP contribution is 2.28. The number of nitrogens with zero attached hydrogens (tertiary/aromatic N) is 1. The van der Waals surface area contributed by atoms with Crippen molar-refractivity contribution < 1.29 is 4.74 Å². The summed E-state index contributed by atoms with van der Waals surface area (Å²) in [5.74, 6) is 2.64. The summed E-state index contributed by atoms with van der Waals surface area (Å²) in [5.41, 5.74) is 2.09. The number of rotatable bonds is 4. The van der Waals surface area contributed by atoms with Crippen molar-refractivity contribution in [3.8, 4) is 17.0 Å². The Morgan fingerprint density at radius 1 is 1.37 bits per heavy atom. The fourth-order valence-corrected chi connectivity index (χ4v) is 2.63. The molecular formula is C15H19N3O. The molecule has 0 aliphatic carbocycles. The minimum Gasteiger partial charge on any atom is -0.496 e. The Hall–Kier alpha value is -1.81. The van der Waals surface area contributed by atoms with Crippen LogP contribution >= 0.6 is 0 Å². The normalized spacial score (nSPS) is 18.7. The molecule has 2 heterocycles. The van der Waals surface area contributed by atoms with Crippen LogP contribution in [0.5, 0.6) is 5.75 Å². The van der Waals surface area contributed by atoms with E-state index in [0.29, 0.717) is 5.92 Å². The highest BCUT2D eigenvalue weighted by Gasteiger charge is 2.17. The van der Waals surface area contributed by atoms with Crippen LogP contribution in [0.3, 0.4) is 0 Å². The smallest absolute Gasteiger partial charge is 0.128 e. The molecule has 3 rings (SSSR count). The summed E-state index contributed by atoms with van der Waals surface area (Å²) in [6.45, 7) is 2.23. The maximum Gasteiger partial charge on any atom is 0.128 e. The Bertz CT molecular complexity index is 544. The van der Waals surface area contributed by atoms with Gasteiger partial charge < -0.3 is 15.0 Å². The summed E-state index contributed by atoms with van der Waals surface area (Å²) in [4.78, 5) is 7.90. The third-order valence-electron chi connectivity index (χ3n) is 3.67. The third kappa shape index (κ3) is 2.63. The van der Waals surface area contributed by atoms with E-state index in [1.165, 1.54) is 6.42 Å². The number of H-pyrrole nitrogens is 1. The van der Waals surface area contributed by atoms with Crippen molar-refractivity contribution >= 4 is 0 Å². The molecule has 1 unspecified atom stereocenters. The Balaban J connectivity index is 1.80. The second-order valence-electron chi connectivity index (χ2n) is 5.01. The fraction of sp³-hybridized carbons (Fsp3) is 0.400. The van der Waals surface area contributed by atoms with E-state index < -0.39 is 0 Å². The van der Waals surface area contributed by atoms with Crippen LogP contribution < -0.4 is 10.1 Å². The van der Waals surface area contributed by atoms with Gasteiger partial charge in [-0.15, -0.1) is 0 Å². The Morgan fingerprint density at radius 2 is 2.26 bits per heavy atom. The van der Waals surface area contributed by atoms with E-state index in [1.807, 2.05) is 30.5 Å². The van der Waals surface area contributed by atoms with Gasteiger partial charge in [0, 0.05) is 12.0 Å². The number of aromatic nitrogens is 2. The van der Waals surface area contributed by atoms with Crippen molar-refractivity contribution in [3.63, 3.8) is 0 Å². The van der Waals surface area contributed by atoms with Crippen molar-refractivity contribution in [1.82, 2.24) is 15.3 Å². The number of hydrogen-bond donors (Lipinski definition) is 2. The van der Waals surface area contributed by atoms with Gasteiger partial charge in [0.05, 0.1) is 19.0 Å². The van der Waals surface area contributed by atoms with Crippen LogP contribution in [0, 0.1) is 5.92 Å². The number of nitrogens with one attached hydrogen (secondary N) is 2. The van der Waals surface area contributed by atoms with Crippen molar-refractivity contribution in [2.45, 2.75) is 12.8 Å². The summed E-state index contributed by atoms with van der Waals surface area (Å²) in [7, 11) is 1.69. The van der Waals surface area contributed by atoms with E-state index in [1.54, 1.807) is 7.11 Å². The minimum atomic E-state index is 0.705. The summed E-state index contributed by atoms with van der Waals surface area (Å²) in [5, 5.41) is 3.39. The zero-order valence-corrected chi connectivity index (χ0v) is 11.1. The molecule has 0 spiro atoms. The van der Waals surface area contributed by atoms with Gasteiger partial charge in [-0.2, -0.15) is 0 Å². The maximum absolute atomic E-state index is 5.38. The van der Waals surface area contributed by atoms with Gasteiger partial charge in [0.1, 0.15) is 11.6 Å². The largest absolute Gasteiger partial charge is 0.496 e. The molecule has 0 saturated carbocycles. The van der Waals surface area contributed by atoms with Gasteiger partial charge in [-0.3, -0.25) is 0 Å². The first-order valence-corrected chi connectivity index (χ1v) is 6.75. The van der Waals surface area contributed by atoms with Gasteiger partial charge in [-0.25, -0.2) is 4.98 Å². The predicted octanol–water partition coefficient (Wildman–Crippen LogP) is 2.24. The first-order valence-electron chi connectivity index (χ1n) is 6.75. The number of imidazole rings is 1. The van der Waals surface area contributed by atoms with Crippen LogP contribution in [0.4, 0.5) is 0 Å². The lowest BCUT2D eigenvalue weighted by Gasteiger charge is -2.06. The lowest BCUT2D eigenvalue weighted by Crippen LogP contribution is -2.11. The van der Waals surface area contributed by atoms with Crippen molar-refractivity contribution in [3.05, 3.63) is 36.3 Å². The zero-order valence-electron chi connectivity index (χ0n) is 11.1. The predicted molar refractivity (Wildman–Crippen MR) is 75.3 cm³/mol. The first kappa shape index (κ1) is 12.2. The quantitative estimate of drug-likeness (QED) is 0.883. The molecule has 2 N–H and O–H groups in total. The summed E-state index contributed by atoms with van der Waals surface area (Å²) < 4.78 is 5.38. The average molecular weight is 257 g/mol. The molecule has 0 amide bonds. The van der Waals surface area contributed by atoms with Crippen LogP contribution in [0.25, 0.3) is 11.3 Å². The van der Waals surface area contributed by atoms with Crippen LogP contribution in [-0.4, -0.2) is 30.2 Å². The van der Waals surface area contributed by atoms with Crippen LogP contribution in [-0.2, 0) is 6.42 Å². The monoisotopic (exact) mass is 257 g/mol. The van der Waals surface area contributed by atoms with Gasteiger partial charge in [0.2, 0.25) is 0 Å². The lowest BCUT2D eigenvalue weighted by atomic mass is 10.1. The molecule has 100 valence electrons. The standard InChI is InChI=1S/C15H19N3O/c1-19-14-5-3-2-4-12(14)13-10-17-15(18-13)8-11-6-7-16-9-11/h2-5,10-11,16H,6-9H2,1H3,(H,17,18).